The predicted molar refractivity (Wildman–Crippen MR) is 101 cm³/mol. The van der Waals surface area contributed by atoms with Gasteiger partial charge in [0.2, 0.25) is 5.78 Å². The van der Waals surface area contributed by atoms with E-state index in [1.165, 1.54) is 16.7 Å². The molecule has 0 fully saturated rings. The van der Waals surface area contributed by atoms with Gasteiger partial charge < -0.3 is 4.98 Å². The zero-order valence-electron chi connectivity index (χ0n) is 12.8. The number of rotatable bonds is 2. The Kier molecular flexibility index (Phi) is 3.60. The number of hydrogen-bond acceptors (Lipinski definition) is 1. The zero-order chi connectivity index (χ0) is 16.0. The Bertz CT molecular complexity index is 906. The number of benzene rings is 2. The first-order valence-electron chi connectivity index (χ1n) is 7.75. The molecule has 1 N–H and O–H groups in total. The van der Waals surface area contributed by atoms with Crippen LogP contribution in [-0.2, 0) is 12.8 Å². The second-order valence-electron chi connectivity index (χ2n) is 5.97. The minimum atomic E-state index is 0.0748. The van der Waals surface area contributed by atoms with E-state index in [0.717, 1.165) is 38.9 Å². The molecule has 1 aromatic heterocycles. The van der Waals surface area contributed by atoms with Gasteiger partial charge in [-0.1, -0.05) is 24.3 Å². The van der Waals surface area contributed by atoms with Gasteiger partial charge in [-0.25, -0.2) is 0 Å². The number of carbonyl (C=O) groups is 1. The summed E-state index contributed by atoms with van der Waals surface area (Å²) in [5.41, 5.74) is 7.56. The van der Waals surface area contributed by atoms with E-state index in [4.69, 9.17) is 0 Å². The zero-order valence-corrected chi connectivity index (χ0v) is 15.0. The number of aromatic amines is 1. The second kappa shape index (κ2) is 5.64. The van der Waals surface area contributed by atoms with E-state index >= 15 is 0 Å². The summed E-state index contributed by atoms with van der Waals surface area (Å²) in [4.78, 5) is 16.3. The van der Waals surface area contributed by atoms with E-state index in [0.29, 0.717) is 0 Å². The number of H-pyrrole nitrogens is 1. The van der Waals surface area contributed by atoms with Crippen LogP contribution in [0.25, 0.3) is 11.3 Å². The highest BCUT2D eigenvalue weighted by molar-refractivity contribution is 14.1. The lowest BCUT2D eigenvalue weighted by atomic mass is 9.88. The molecule has 23 heavy (non-hydrogen) atoms. The summed E-state index contributed by atoms with van der Waals surface area (Å²) < 4.78 is 1.13. The third kappa shape index (κ3) is 2.43. The molecular formula is C20H16INO. The number of aryl methyl sites for hydroxylation is 1. The molecule has 0 radical (unpaired) electrons. The van der Waals surface area contributed by atoms with Crippen LogP contribution in [-0.4, -0.2) is 10.8 Å². The van der Waals surface area contributed by atoms with Gasteiger partial charge in [0.25, 0.3) is 0 Å². The number of ketones is 1. The molecule has 3 aromatic rings. The normalized spacial score (nSPS) is 12.6. The molecule has 0 spiro atoms. The first-order valence-corrected chi connectivity index (χ1v) is 8.83. The quantitative estimate of drug-likeness (QED) is 0.469. The summed E-state index contributed by atoms with van der Waals surface area (Å²) >= 11 is 2.25. The van der Waals surface area contributed by atoms with Crippen LogP contribution in [0.5, 0.6) is 0 Å². The van der Waals surface area contributed by atoms with Gasteiger partial charge in [-0.3, -0.25) is 4.79 Å². The summed E-state index contributed by atoms with van der Waals surface area (Å²) in [5.74, 6) is 0.0748. The summed E-state index contributed by atoms with van der Waals surface area (Å²) in [6, 6.07) is 16.2. The maximum atomic E-state index is 12.9. The van der Waals surface area contributed by atoms with Crippen molar-refractivity contribution in [2.45, 2.75) is 19.8 Å². The van der Waals surface area contributed by atoms with Gasteiger partial charge in [0, 0.05) is 20.4 Å². The van der Waals surface area contributed by atoms with Crippen LogP contribution in [0.15, 0.2) is 48.5 Å². The molecule has 1 aliphatic carbocycles. The Morgan fingerprint density at radius 2 is 1.78 bits per heavy atom. The lowest BCUT2D eigenvalue weighted by Gasteiger charge is -2.16. The van der Waals surface area contributed by atoms with Crippen molar-refractivity contribution in [3.63, 3.8) is 0 Å². The number of halogens is 1. The predicted octanol–water partition coefficient (Wildman–Crippen LogP) is 4.92. The van der Waals surface area contributed by atoms with Gasteiger partial charge >= 0.3 is 0 Å². The smallest absolute Gasteiger partial charge is 0.209 e. The van der Waals surface area contributed by atoms with Crippen molar-refractivity contribution in [2.24, 2.45) is 0 Å². The summed E-state index contributed by atoms with van der Waals surface area (Å²) in [6.45, 7) is 2.06. The molecule has 2 nitrogen and oxygen atoms in total. The van der Waals surface area contributed by atoms with Gasteiger partial charge in [0.05, 0.1) is 5.69 Å². The third-order valence-electron chi connectivity index (χ3n) is 4.64. The van der Waals surface area contributed by atoms with Gasteiger partial charge in [-0.05, 0) is 83.3 Å². The summed E-state index contributed by atoms with van der Waals surface area (Å²) in [7, 11) is 0. The fraction of sp³-hybridized carbons (Fsp3) is 0.150. The van der Waals surface area contributed by atoms with Crippen LogP contribution < -0.4 is 0 Å². The van der Waals surface area contributed by atoms with Gasteiger partial charge in [-0.2, -0.15) is 0 Å². The molecule has 0 amide bonds. The van der Waals surface area contributed by atoms with Gasteiger partial charge in [0.15, 0.2) is 0 Å². The fourth-order valence-corrected chi connectivity index (χ4v) is 3.75. The van der Waals surface area contributed by atoms with E-state index in [1.807, 2.05) is 24.3 Å². The maximum absolute atomic E-state index is 12.9. The lowest BCUT2D eigenvalue weighted by Crippen LogP contribution is -2.04. The summed E-state index contributed by atoms with van der Waals surface area (Å²) in [6.07, 6.45) is 2.04. The SMILES string of the molecule is Cc1c(C(=O)c2ccc(I)cc2)[nH]c2c1CCc1ccccc1-2. The Balaban J connectivity index is 1.82. The minimum absolute atomic E-state index is 0.0748. The van der Waals surface area contributed by atoms with Crippen molar-refractivity contribution >= 4 is 28.4 Å². The highest BCUT2D eigenvalue weighted by Gasteiger charge is 2.24. The number of hydrogen-bond donors (Lipinski definition) is 1. The average molecular weight is 413 g/mol. The highest BCUT2D eigenvalue weighted by Crippen LogP contribution is 2.36. The van der Waals surface area contributed by atoms with Crippen molar-refractivity contribution in [3.05, 3.63) is 80.0 Å². The molecule has 3 heteroatoms. The topological polar surface area (TPSA) is 32.9 Å². The van der Waals surface area contributed by atoms with Crippen LogP contribution in [0.4, 0.5) is 0 Å². The molecule has 0 atom stereocenters. The second-order valence-corrected chi connectivity index (χ2v) is 7.22. The van der Waals surface area contributed by atoms with Crippen LogP contribution in [0.3, 0.4) is 0 Å². The van der Waals surface area contributed by atoms with Crippen LogP contribution >= 0.6 is 22.6 Å². The number of nitrogens with one attached hydrogen (secondary N) is 1. The molecule has 114 valence electrons. The molecule has 1 heterocycles. The Hall–Kier alpha value is -1.88. The monoisotopic (exact) mass is 413 g/mol. The van der Waals surface area contributed by atoms with Gasteiger partial charge in [0.1, 0.15) is 0 Å². The first kappa shape index (κ1) is 14.7. The standard InChI is InChI=1S/C20H16INO/c1-12-16-11-8-13-4-2-3-5-17(13)19(16)22-18(12)20(23)14-6-9-15(21)10-7-14/h2-7,9-10,22H,8,11H2,1H3. The van der Waals surface area contributed by atoms with E-state index in [1.54, 1.807) is 0 Å². The van der Waals surface area contributed by atoms with Crippen molar-refractivity contribution < 1.29 is 4.79 Å². The van der Waals surface area contributed by atoms with Crippen molar-refractivity contribution in [2.75, 3.05) is 0 Å². The summed E-state index contributed by atoms with van der Waals surface area (Å²) in [5, 5.41) is 0. The van der Waals surface area contributed by atoms with Crippen molar-refractivity contribution in [1.82, 2.24) is 4.98 Å². The van der Waals surface area contributed by atoms with E-state index in [2.05, 4.69) is 58.8 Å². The molecule has 0 saturated carbocycles. The van der Waals surface area contributed by atoms with Crippen LogP contribution in [0, 0.1) is 10.5 Å². The van der Waals surface area contributed by atoms with Crippen LogP contribution in [0.2, 0.25) is 0 Å². The molecule has 0 aliphatic heterocycles. The largest absolute Gasteiger partial charge is 0.351 e. The molecule has 4 rings (SSSR count). The Morgan fingerprint density at radius 3 is 2.57 bits per heavy atom. The highest BCUT2D eigenvalue weighted by atomic mass is 127. The fourth-order valence-electron chi connectivity index (χ4n) is 3.39. The lowest BCUT2D eigenvalue weighted by molar-refractivity contribution is 0.103. The van der Waals surface area contributed by atoms with Crippen LogP contribution in [0.1, 0.15) is 32.7 Å². The Labute approximate surface area is 149 Å². The number of fused-ring (bicyclic) bond motifs is 3. The first-order chi connectivity index (χ1) is 11.1. The van der Waals surface area contributed by atoms with E-state index in [9.17, 15) is 4.79 Å². The minimum Gasteiger partial charge on any atom is -0.351 e. The van der Waals surface area contributed by atoms with Crippen molar-refractivity contribution in [1.29, 1.82) is 0 Å². The average Bonchev–Trinajstić information content (AvgIpc) is 2.92. The molecule has 0 bridgehead atoms. The Morgan fingerprint density at radius 1 is 1.04 bits per heavy atom. The van der Waals surface area contributed by atoms with Crippen molar-refractivity contribution in [3.8, 4) is 11.3 Å². The third-order valence-corrected chi connectivity index (χ3v) is 5.36. The van der Waals surface area contributed by atoms with E-state index in [-0.39, 0.29) is 5.78 Å². The molecule has 2 aromatic carbocycles. The molecule has 0 unspecified atom stereocenters. The number of carbonyl (C=O) groups excluding carboxylic acids is 1. The molecule has 0 saturated heterocycles. The van der Waals surface area contributed by atoms with E-state index < -0.39 is 0 Å². The maximum Gasteiger partial charge on any atom is 0.209 e. The van der Waals surface area contributed by atoms with Gasteiger partial charge in [-0.15, -0.1) is 0 Å². The number of aromatic nitrogens is 1. The molecular weight excluding hydrogens is 397 g/mol. The molecule has 1 aliphatic rings.